The third-order valence-corrected chi connectivity index (χ3v) is 5.49. The van der Waals surface area contributed by atoms with Crippen molar-refractivity contribution in [3.8, 4) is 11.1 Å². The molecule has 0 aliphatic rings. The molecular weight excluding hydrogens is 400 g/mol. The Bertz CT molecular complexity index is 957. The van der Waals surface area contributed by atoms with Crippen molar-refractivity contribution in [3.63, 3.8) is 0 Å². The summed E-state index contributed by atoms with van der Waals surface area (Å²) < 4.78 is 0. The van der Waals surface area contributed by atoms with Gasteiger partial charge in [-0.05, 0) is 40.3 Å². The molecule has 30 heavy (non-hydrogen) atoms. The molecule has 1 heterocycles. The van der Waals surface area contributed by atoms with Crippen LogP contribution in [0.1, 0.15) is 20.8 Å². The van der Waals surface area contributed by atoms with E-state index in [-0.39, 0.29) is 6.54 Å². The average molecular weight is 425 g/mol. The molecule has 0 aliphatic carbocycles. The fourth-order valence-electron chi connectivity index (χ4n) is 2.92. The Kier molecular flexibility index (Phi) is 7.69. The Hall–Kier alpha value is -3.04. The van der Waals surface area contributed by atoms with Crippen LogP contribution in [0.4, 0.5) is 0 Å². The Morgan fingerprint density at radius 3 is 2.20 bits per heavy atom. The predicted octanol–water partition coefficient (Wildman–Crippen LogP) is 2.27. The number of thiophene rings is 1. The van der Waals surface area contributed by atoms with Gasteiger partial charge in [0.15, 0.2) is 0 Å². The van der Waals surface area contributed by atoms with E-state index in [2.05, 4.69) is 34.2 Å². The average Bonchev–Trinajstić information content (AvgIpc) is 3.31. The lowest BCUT2D eigenvalue weighted by molar-refractivity contribution is -0.130. The van der Waals surface area contributed by atoms with E-state index in [1.165, 1.54) is 15.9 Å². The SMILES string of the molecule is NC[C@H](NC(=O)c1ccc(-c2ccc(CNCc3cccs3)cc2)cc1)C(=O)NO. The molecule has 0 spiro atoms. The number of nitrogens with one attached hydrogen (secondary N) is 3. The number of hydroxylamine groups is 1. The third kappa shape index (κ3) is 5.74. The minimum atomic E-state index is -0.997. The summed E-state index contributed by atoms with van der Waals surface area (Å²) >= 11 is 1.74. The second-order valence-electron chi connectivity index (χ2n) is 6.69. The lowest BCUT2D eigenvalue weighted by atomic mass is 10.0. The van der Waals surface area contributed by atoms with Crippen molar-refractivity contribution in [3.05, 3.63) is 82.0 Å². The molecule has 0 bridgehead atoms. The van der Waals surface area contributed by atoms with Crippen LogP contribution in [-0.4, -0.2) is 29.6 Å². The van der Waals surface area contributed by atoms with Gasteiger partial charge in [0.1, 0.15) is 6.04 Å². The Morgan fingerprint density at radius 2 is 1.63 bits per heavy atom. The van der Waals surface area contributed by atoms with Gasteiger partial charge in [-0.2, -0.15) is 0 Å². The molecule has 156 valence electrons. The molecule has 7 nitrogen and oxygen atoms in total. The molecule has 0 unspecified atom stereocenters. The molecule has 1 atom stereocenters. The van der Waals surface area contributed by atoms with Crippen LogP contribution in [0, 0.1) is 0 Å². The zero-order chi connectivity index (χ0) is 21.3. The van der Waals surface area contributed by atoms with Crippen LogP contribution in [0.15, 0.2) is 66.0 Å². The van der Waals surface area contributed by atoms with Crippen LogP contribution in [0.5, 0.6) is 0 Å². The van der Waals surface area contributed by atoms with Crippen LogP contribution >= 0.6 is 11.3 Å². The number of rotatable bonds is 9. The first-order valence-electron chi connectivity index (χ1n) is 9.48. The standard InChI is InChI=1S/C22H24N4O3S/c23-12-20(22(28)26-29)25-21(27)18-9-7-17(8-10-18)16-5-3-15(4-6-16)13-24-14-19-2-1-11-30-19/h1-11,20,24,29H,12-14,23H2,(H,25,27)(H,26,28)/t20-/m0/s1. The molecule has 2 amide bonds. The summed E-state index contributed by atoms with van der Waals surface area (Å²) in [7, 11) is 0. The molecular formula is C22H24N4O3S. The summed E-state index contributed by atoms with van der Waals surface area (Å²) in [5.41, 5.74) is 10.6. The van der Waals surface area contributed by atoms with Gasteiger partial charge in [0.2, 0.25) is 0 Å². The highest BCUT2D eigenvalue weighted by Crippen LogP contribution is 2.20. The van der Waals surface area contributed by atoms with E-state index in [9.17, 15) is 9.59 Å². The minimum absolute atomic E-state index is 0.120. The fourth-order valence-corrected chi connectivity index (χ4v) is 3.60. The molecule has 3 aromatic rings. The summed E-state index contributed by atoms with van der Waals surface area (Å²) in [5.74, 6) is -1.19. The van der Waals surface area contributed by atoms with E-state index in [0.29, 0.717) is 5.56 Å². The first-order chi connectivity index (χ1) is 14.6. The topological polar surface area (TPSA) is 116 Å². The van der Waals surface area contributed by atoms with Crippen molar-refractivity contribution in [2.45, 2.75) is 19.1 Å². The lowest BCUT2D eigenvalue weighted by Crippen LogP contribution is -2.50. The van der Waals surface area contributed by atoms with E-state index in [1.54, 1.807) is 23.5 Å². The summed E-state index contributed by atoms with van der Waals surface area (Å²) in [6, 6.07) is 18.5. The molecule has 8 heteroatoms. The van der Waals surface area contributed by atoms with E-state index >= 15 is 0 Å². The normalized spacial score (nSPS) is 11.7. The smallest absolute Gasteiger partial charge is 0.267 e. The number of hydrogen-bond acceptors (Lipinski definition) is 6. The highest BCUT2D eigenvalue weighted by Gasteiger charge is 2.19. The maximum absolute atomic E-state index is 12.3. The van der Waals surface area contributed by atoms with Gasteiger partial charge in [0.25, 0.3) is 11.8 Å². The van der Waals surface area contributed by atoms with Gasteiger partial charge >= 0.3 is 0 Å². The van der Waals surface area contributed by atoms with Crippen molar-refractivity contribution in [1.29, 1.82) is 0 Å². The van der Waals surface area contributed by atoms with E-state index in [1.807, 2.05) is 30.3 Å². The Labute approximate surface area is 178 Å². The number of hydrogen-bond donors (Lipinski definition) is 5. The summed E-state index contributed by atoms with van der Waals surface area (Å²) in [6.45, 7) is 1.53. The molecule has 1 aromatic heterocycles. The van der Waals surface area contributed by atoms with Gasteiger partial charge in [-0.15, -0.1) is 11.3 Å². The van der Waals surface area contributed by atoms with Gasteiger partial charge < -0.3 is 16.4 Å². The van der Waals surface area contributed by atoms with Crippen molar-refractivity contribution in [1.82, 2.24) is 16.1 Å². The molecule has 0 fully saturated rings. The largest absolute Gasteiger partial charge is 0.339 e. The first kappa shape index (κ1) is 21.7. The van der Waals surface area contributed by atoms with Crippen molar-refractivity contribution in [2.24, 2.45) is 5.73 Å². The number of nitrogens with two attached hydrogens (primary N) is 1. The van der Waals surface area contributed by atoms with Crippen LogP contribution < -0.4 is 21.8 Å². The molecule has 6 N–H and O–H groups in total. The molecule has 0 aliphatic heterocycles. The van der Waals surface area contributed by atoms with Gasteiger partial charge in [-0.3, -0.25) is 14.8 Å². The van der Waals surface area contributed by atoms with Crippen molar-refractivity contribution >= 4 is 23.2 Å². The van der Waals surface area contributed by atoms with E-state index in [4.69, 9.17) is 10.9 Å². The fraction of sp³-hybridized carbons (Fsp3) is 0.182. The zero-order valence-corrected chi connectivity index (χ0v) is 17.1. The lowest BCUT2D eigenvalue weighted by Gasteiger charge is -2.14. The minimum Gasteiger partial charge on any atom is -0.339 e. The number of amides is 2. The number of carbonyl (C=O) groups excluding carboxylic acids is 2. The van der Waals surface area contributed by atoms with Gasteiger partial charge in [-0.1, -0.05) is 42.5 Å². The van der Waals surface area contributed by atoms with E-state index in [0.717, 1.165) is 24.2 Å². The summed E-state index contributed by atoms with van der Waals surface area (Å²) in [6.07, 6.45) is 0. The maximum Gasteiger partial charge on any atom is 0.267 e. The molecule has 0 radical (unpaired) electrons. The molecule has 0 saturated heterocycles. The third-order valence-electron chi connectivity index (χ3n) is 4.61. The van der Waals surface area contributed by atoms with Crippen molar-refractivity contribution in [2.75, 3.05) is 6.54 Å². The summed E-state index contributed by atoms with van der Waals surface area (Å²) in [4.78, 5) is 25.0. The highest BCUT2D eigenvalue weighted by molar-refractivity contribution is 7.09. The molecule has 0 saturated carbocycles. The second-order valence-corrected chi connectivity index (χ2v) is 7.73. The Morgan fingerprint density at radius 1 is 0.967 bits per heavy atom. The monoisotopic (exact) mass is 424 g/mol. The predicted molar refractivity (Wildman–Crippen MR) is 117 cm³/mol. The quantitative estimate of drug-likeness (QED) is 0.267. The first-order valence-corrected chi connectivity index (χ1v) is 10.4. The Balaban J connectivity index is 1.57. The van der Waals surface area contributed by atoms with Crippen LogP contribution in [0.2, 0.25) is 0 Å². The van der Waals surface area contributed by atoms with Gasteiger partial charge in [0, 0.05) is 30.1 Å². The molecule has 2 aromatic carbocycles. The number of carbonyl (C=O) groups is 2. The maximum atomic E-state index is 12.3. The molecule has 3 rings (SSSR count). The van der Waals surface area contributed by atoms with Crippen LogP contribution in [-0.2, 0) is 17.9 Å². The number of benzene rings is 2. The van der Waals surface area contributed by atoms with Crippen LogP contribution in [0.25, 0.3) is 11.1 Å². The van der Waals surface area contributed by atoms with E-state index < -0.39 is 17.9 Å². The van der Waals surface area contributed by atoms with Crippen molar-refractivity contribution < 1.29 is 14.8 Å². The highest BCUT2D eigenvalue weighted by atomic mass is 32.1. The summed E-state index contributed by atoms with van der Waals surface area (Å²) in [5, 5.41) is 16.7. The van der Waals surface area contributed by atoms with Crippen LogP contribution in [0.3, 0.4) is 0 Å². The van der Waals surface area contributed by atoms with Gasteiger partial charge in [-0.25, -0.2) is 5.48 Å². The second kappa shape index (κ2) is 10.7. The zero-order valence-electron chi connectivity index (χ0n) is 16.3. The van der Waals surface area contributed by atoms with Gasteiger partial charge in [0.05, 0.1) is 0 Å².